The van der Waals surface area contributed by atoms with Gasteiger partial charge < -0.3 is 5.73 Å². The van der Waals surface area contributed by atoms with Gasteiger partial charge in [0, 0.05) is 25.3 Å². The third-order valence-electron chi connectivity index (χ3n) is 3.97. The van der Waals surface area contributed by atoms with E-state index in [1.165, 1.54) is 17.4 Å². The Morgan fingerprint density at radius 1 is 1.43 bits per heavy atom. The molecule has 1 aromatic carbocycles. The summed E-state index contributed by atoms with van der Waals surface area (Å²) in [5, 5.41) is 0. The molecule has 1 heterocycles. The monoisotopic (exact) mass is 315 g/mol. The first-order valence-electron chi connectivity index (χ1n) is 7.11. The quantitative estimate of drug-likeness (QED) is 0.837. The zero-order valence-corrected chi connectivity index (χ0v) is 13.2. The highest BCUT2D eigenvalue weighted by molar-refractivity contribution is 7.89. The SMILES string of the molecule is CCN1CCCC1CN(C)S(=O)(=O)c1cc(N)cc(F)c1. The Hall–Kier alpha value is -1.18. The molecule has 1 aromatic rings. The maximum absolute atomic E-state index is 13.4. The van der Waals surface area contributed by atoms with Crippen LogP contribution in [0.4, 0.5) is 10.1 Å². The first-order chi connectivity index (χ1) is 9.84. The lowest BCUT2D eigenvalue weighted by Crippen LogP contribution is -2.41. The number of halogens is 1. The zero-order valence-electron chi connectivity index (χ0n) is 12.4. The lowest BCUT2D eigenvalue weighted by atomic mass is 10.2. The topological polar surface area (TPSA) is 66.6 Å². The summed E-state index contributed by atoms with van der Waals surface area (Å²) in [5.74, 6) is -0.641. The van der Waals surface area contributed by atoms with Crippen LogP contribution in [0, 0.1) is 5.82 Å². The highest BCUT2D eigenvalue weighted by atomic mass is 32.2. The van der Waals surface area contributed by atoms with Gasteiger partial charge in [-0.3, -0.25) is 4.90 Å². The van der Waals surface area contributed by atoms with Crippen molar-refractivity contribution in [3.05, 3.63) is 24.0 Å². The van der Waals surface area contributed by atoms with Gasteiger partial charge in [-0.2, -0.15) is 4.31 Å². The molecule has 2 N–H and O–H groups in total. The maximum Gasteiger partial charge on any atom is 0.243 e. The van der Waals surface area contributed by atoms with E-state index in [0.29, 0.717) is 6.54 Å². The van der Waals surface area contributed by atoms with Crippen molar-refractivity contribution >= 4 is 15.7 Å². The Labute approximate surface area is 125 Å². The second-order valence-electron chi connectivity index (χ2n) is 5.43. The van der Waals surface area contributed by atoms with Gasteiger partial charge in [-0.05, 0) is 44.1 Å². The van der Waals surface area contributed by atoms with Gasteiger partial charge in [0.05, 0.1) is 4.90 Å². The second-order valence-corrected chi connectivity index (χ2v) is 7.48. The van der Waals surface area contributed by atoms with Crippen molar-refractivity contribution in [2.45, 2.75) is 30.7 Å². The molecule has 0 aliphatic carbocycles. The van der Waals surface area contributed by atoms with Gasteiger partial charge in [0.2, 0.25) is 10.0 Å². The van der Waals surface area contributed by atoms with Crippen LogP contribution in [-0.2, 0) is 10.0 Å². The van der Waals surface area contributed by atoms with E-state index in [9.17, 15) is 12.8 Å². The van der Waals surface area contributed by atoms with E-state index < -0.39 is 15.8 Å². The summed E-state index contributed by atoms with van der Waals surface area (Å²) in [4.78, 5) is 2.18. The Morgan fingerprint density at radius 3 is 2.76 bits per heavy atom. The van der Waals surface area contributed by atoms with Crippen molar-refractivity contribution in [2.24, 2.45) is 0 Å². The average Bonchev–Trinajstić information content (AvgIpc) is 2.84. The summed E-state index contributed by atoms with van der Waals surface area (Å²) >= 11 is 0. The van der Waals surface area contributed by atoms with E-state index in [1.807, 2.05) is 0 Å². The largest absolute Gasteiger partial charge is 0.399 e. The Balaban J connectivity index is 2.18. The normalized spacial score (nSPS) is 20.3. The van der Waals surface area contributed by atoms with Crippen LogP contribution in [0.2, 0.25) is 0 Å². The smallest absolute Gasteiger partial charge is 0.243 e. The minimum Gasteiger partial charge on any atom is -0.399 e. The zero-order chi connectivity index (χ0) is 15.6. The fourth-order valence-electron chi connectivity index (χ4n) is 2.83. The molecule has 1 fully saturated rings. The molecule has 1 saturated heterocycles. The number of rotatable bonds is 5. The lowest BCUT2D eigenvalue weighted by Gasteiger charge is -2.27. The van der Waals surface area contributed by atoms with Crippen molar-refractivity contribution in [3.8, 4) is 0 Å². The third-order valence-corrected chi connectivity index (χ3v) is 5.78. The molecule has 0 saturated carbocycles. The molecule has 5 nitrogen and oxygen atoms in total. The lowest BCUT2D eigenvalue weighted by molar-refractivity contribution is 0.237. The summed E-state index contributed by atoms with van der Waals surface area (Å²) in [5.41, 5.74) is 5.64. The summed E-state index contributed by atoms with van der Waals surface area (Å²) in [7, 11) is -2.19. The van der Waals surface area contributed by atoms with Crippen LogP contribution in [0.5, 0.6) is 0 Å². The molecule has 1 aliphatic heterocycles. The van der Waals surface area contributed by atoms with Crippen LogP contribution < -0.4 is 5.73 Å². The van der Waals surface area contributed by atoms with Crippen molar-refractivity contribution < 1.29 is 12.8 Å². The fourth-order valence-corrected chi connectivity index (χ4v) is 4.10. The number of hydrogen-bond acceptors (Lipinski definition) is 4. The van der Waals surface area contributed by atoms with Gasteiger partial charge in [0.1, 0.15) is 5.82 Å². The van der Waals surface area contributed by atoms with Crippen LogP contribution in [0.3, 0.4) is 0 Å². The summed E-state index contributed by atoms with van der Waals surface area (Å²) < 4.78 is 39.7. The molecule has 2 rings (SSSR count). The molecule has 0 bridgehead atoms. The van der Waals surface area contributed by atoms with Crippen molar-refractivity contribution in [2.75, 3.05) is 32.4 Å². The molecule has 0 amide bonds. The van der Waals surface area contributed by atoms with Crippen molar-refractivity contribution in [1.82, 2.24) is 9.21 Å². The number of sulfonamides is 1. The van der Waals surface area contributed by atoms with Crippen LogP contribution in [0.15, 0.2) is 23.1 Å². The molecule has 1 aliphatic rings. The number of likely N-dealkylation sites (N-methyl/N-ethyl adjacent to an activating group) is 2. The van der Waals surface area contributed by atoms with Crippen molar-refractivity contribution in [3.63, 3.8) is 0 Å². The summed E-state index contributed by atoms with van der Waals surface area (Å²) in [6, 6.07) is 3.63. The van der Waals surface area contributed by atoms with Crippen molar-refractivity contribution in [1.29, 1.82) is 0 Å². The highest BCUT2D eigenvalue weighted by Gasteiger charge is 2.29. The first kappa shape index (κ1) is 16.2. The fraction of sp³-hybridized carbons (Fsp3) is 0.571. The number of anilines is 1. The van der Waals surface area contributed by atoms with Gasteiger partial charge in [0.15, 0.2) is 0 Å². The van der Waals surface area contributed by atoms with Gasteiger partial charge in [-0.25, -0.2) is 12.8 Å². The first-order valence-corrected chi connectivity index (χ1v) is 8.55. The van der Waals surface area contributed by atoms with Crippen LogP contribution in [-0.4, -0.2) is 50.3 Å². The minimum atomic E-state index is -3.72. The molecular weight excluding hydrogens is 293 g/mol. The van der Waals surface area contributed by atoms with E-state index in [2.05, 4.69) is 11.8 Å². The van der Waals surface area contributed by atoms with Gasteiger partial charge in [-0.1, -0.05) is 6.92 Å². The second kappa shape index (κ2) is 6.29. The number of nitrogen functional groups attached to an aromatic ring is 1. The van der Waals surface area contributed by atoms with Crippen LogP contribution in [0.1, 0.15) is 19.8 Å². The molecular formula is C14H22FN3O2S. The van der Waals surface area contributed by atoms with E-state index in [4.69, 9.17) is 5.73 Å². The molecule has 0 aromatic heterocycles. The van der Waals surface area contributed by atoms with E-state index in [0.717, 1.165) is 38.1 Å². The Kier molecular flexibility index (Phi) is 4.85. The minimum absolute atomic E-state index is 0.0939. The van der Waals surface area contributed by atoms with Gasteiger partial charge in [-0.15, -0.1) is 0 Å². The predicted molar refractivity (Wildman–Crippen MR) is 80.9 cm³/mol. The third kappa shape index (κ3) is 3.53. The number of nitrogens with two attached hydrogens (primary N) is 1. The molecule has 21 heavy (non-hydrogen) atoms. The van der Waals surface area contributed by atoms with Gasteiger partial charge in [0.25, 0.3) is 0 Å². The number of nitrogens with zero attached hydrogens (tertiary/aromatic N) is 2. The Bertz CT molecular complexity index is 586. The number of likely N-dealkylation sites (tertiary alicyclic amines) is 1. The standard InChI is InChI=1S/C14H22FN3O2S/c1-3-18-6-4-5-13(18)10-17(2)21(19,20)14-8-11(15)7-12(16)9-14/h7-9,13H,3-6,10,16H2,1-2H3. The summed E-state index contributed by atoms with van der Waals surface area (Å²) in [6.07, 6.45) is 2.07. The average molecular weight is 315 g/mol. The number of benzene rings is 1. The Morgan fingerprint density at radius 2 is 2.14 bits per heavy atom. The van der Waals surface area contributed by atoms with Gasteiger partial charge >= 0.3 is 0 Å². The maximum atomic E-state index is 13.4. The van der Waals surface area contributed by atoms with Crippen LogP contribution in [0.25, 0.3) is 0 Å². The summed E-state index contributed by atoms with van der Waals surface area (Å²) in [6.45, 7) is 4.39. The molecule has 1 unspecified atom stereocenters. The van der Waals surface area contributed by atoms with Crippen LogP contribution >= 0.6 is 0 Å². The van der Waals surface area contributed by atoms with E-state index in [-0.39, 0.29) is 16.6 Å². The molecule has 1 atom stereocenters. The molecule has 0 radical (unpaired) electrons. The molecule has 7 heteroatoms. The molecule has 0 spiro atoms. The molecule has 118 valence electrons. The van der Waals surface area contributed by atoms with E-state index >= 15 is 0 Å². The number of hydrogen-bond donors (Lipinski definition) is 1. The van der Waals surface area contributed by atoms with E-state index in [1.54, 1.807) is 0 Å². The highest BCUT2D eigenvalue weighted by Crippen LogP contribution is 2.22. The predicted octanol–water partition coefficient (Wildman–Crippen LogP) is 1.51.